The summed E-state index contributed by atoms with van der Waals surface area (Å²) in [6.45, 7) is 8.39. The summed E-state index contributed by atoms with van der Waals surface area (Å²) in [5.41, 5.74) is 8.21. The number of aromatic nitrogens is 1. The van der Waals surface area contributed by atoms with Gasteiger partial charge in [-0.2, -0.15) is 4.39 Å². The molecule has 0 aliphatic rings. The first-order chi connectivity index (χ1) is 13.1. The molecule has 0 unspecified atom stereocenters. The molecule has 1 heterocycles. The number of hydrogen-bond acceptors (Lipinski definition) is 5. The molecule has 0 saturated carbocycles. The summed E-state index contributed by atoms with van der Waals surface area (Å²) in [6.07, 6.45) is 10.3. The standard InChI is InChI=1S/C21H26FN3OS/c1-4-7-9-13-26-18-14-16(11-12-17(18)23)24-21-25-19(20(22)27-21)15(6-3)10-8-5-2/h5-6,8,10-12,14H,3-4,7,9,13,23H2,1-2H3,(H,24,25)/b8-5-,15-10+. The van der Waals surface area contributed by atoms with Crippen LogP contribution in [0.2, 0.25) is 0 Å². The number of nitrogen functional groups attached to an aromatic ring is 1. The highest BCUT2D eigenvalue weighted by molar-refractivity contribution is 7.14. The maximum atomic E-state index is 14.3. The van der Waals surface area contributed by atoms with Crippen LogP contribution in [0.1, 0.15) is 38.8 Å². The molecule has 0 amide bonds. The Balaban J connectivity index is 2.15. The van der Waals surface area contributed by atoms with Crippen molar-refractivity contribution in [3.8, 4) is 5.75 Å². The largest absolute Gasteiger partial charge is 0.491 e. The van der Waals surface area contributed by atoms with Crippen molar-refractivity contribution >= 4 is 33.4 Å². The van der Waals surface area contributed by atoms with Gasteiger partial charge in [-0.15, -0.1) is 0 Å². The van der Waals surface area contributed by atoms with Crippen LogP contribution in [-0.2, 0) is 0 Å². The highest BCUT2D eigenvalue weighted by Crippen LogP contribution is 2.32. The Labute approximate surface area is 164 Å². The number of halogens is 1. The molecule has 2 rings (SSSR count). The minimum atomic E-state index is -0.361. The molecule has 0 saturated heterocycles. The lowest BCUT2D eigenvalue weighted by Gasteiger charge is -2.11. The van der Waals surface area contributed by atoms with E-state index < -0.39 is 0 Å². The molecule has 0 atom stereocenters. The monoisotopic (exact) mass is 387 g/mol. The number of thiazole rings is 1. The SMILES string of the molecule is C=C/C(=C\C=C/C)c1nc(Nc2ccc(N)c(OCCCCC)c2)sc1F. The molecule has 0 aliphatic carbocycles. The lowest BCUT2D eigenvalue weighted by molar-refractivity contribution is 0.308. The number of anilines is 3. The van der Waals surface area contributed by atoms with Gasteiger partial charge in [0.1, 0.15) is 11.4 Å². The van der Waals surface area contributed by atoms with Crippen molar-refractivity contribution in [1.29, 1.82) is 0 Å². The van der Waals surface area contributed by atoms with Crippen molar-refractivity contribution < 1.29 is 9.13 Å². The third-order valence-electron chi connectivity index (χ3n) is 3.82. The van der Waals surface area contributed by atoms with Gasteiger partial charge in [0.05, 0.1) is 12.3 Å². The summed E-state index contributed by atoms with van der Waals surface area (Å²) < 4.78 is 20.1. The predicted molar refractivity (Wildman–Crippen MR) is 114 cm³/mol. The molecule has 2 aromatic rings. The summed E-state index contributed by atoms with van der Waals surface area (Å²) in [4.78, 5) is 4.35. The second-order valence-electron chi connectivity index (χ2n) is 5.93. The molecular formula is C21H26FN3OS. The number of nitrogens with zero attached hydrogens (tertiary/aromatic N) is 1. The molecule has 0 spiro atoms. The Kier molecular flexibility index (Phi) is 8.07. The number of hydrogen-bond donors (Lipinski definition) is 2. The van der Waals surface area contributed by atoms with Gasteiger partial charge in [-0.3, -0.25) is 0 Å². The zero-order valence-corrected chi connectivity index (χ0v) is 16.6. The zero-order chi connectivity index (χ0) is 19.6. The van der Waals surface area contributed by atoms with Gasteiger partial charge in [-0.25, -0.2) is 4.98 Å². The average Bonchev–Trinajstić information content (AvgIpc) is 3.02. The van der Waals surface area contributed by atoms with E-state index in [0.717, 1.165) is 36.3 Å². The van der Waals surface area contributed by atoms with E-state index in [1.54, 1.807) is 18.2 Å². The van der Waals surface area contributed by atoms with Crippen molar-refractivity contribution in [2.24, 2.45) is 0 Å². The van der Waals surface area contributed by atoms with E-state index in [0.29, 0.717) is 28.7 Å². The number of rotatable bonds is 10. The van der Waals surface area contributed by atoms with Gasteiger partial charge in [0.15, 0.2) is 5.13 Å². The van der Waals surface area contributed by atoms with Gasteiger partial charge >= 0.3 is 0 Å². The van der Waals surface area contributed by atoms with E-state index in [1.807, 2.05) is 31.2 Å². The molecule has 0 aliphatic heterocycles. The van der Waals surface area contributed by atoms with Crippen molar-refractivity contribution in [3.63, 3.8) is 0 Å². The van der Waals surface area contributed by atoms with Crippen molar-refractivity contribution in [1.82, 2.24) is 4.98 Å². The third-order valence-corrected chi connectivity index (χ3v) is 4.58. The summed E-state index contributed by atoms with van der Waals surface area (Å²) in [7, 11) is 0. The Bertz CT molecular complexity index is 827. The normalized spacial score (nSPS) is 11.7. The fraction of sp³-hybridized carbons (Fsp3) is 0.286. The van der Waals surface area contributed by atoms with E-state index >= 15 is 0 Å². The summed E-state index contributed by atoms with van der Waals surface area (Å²) in [5.74, 6) is 0.619. The Morgan fingerprint density at radius 2 is 2.22 bits per heavy atom. The van der Waals surface area contributed by atoms with Crippen molar-refractivity contribution in [2.45, 2.75) is 33.1 Å². The number of ether oxygens (including phenoxy) is 1. The summed E-state index contributed by atoms with van der Waals surface area (Å²) in [6, 6.07) is 5.39. The van der Waals surface area contributed by atoms with E-state index in [1.165, 1.54) is 0 Å². The fourth-order valence-corrected chi connectivity index (χ4v) is 3.11. The third kappa shape index (κ3) is 5.96. The number of unbranched alkanes of at least 4 members (excludes halogenated alkanes) is 2. The molecule has 27 heavy (non-hydrogen) atoms. The Morgan fingerprint density at radius 1 is 1.41 bits per heavy atom. The number of allylic oxidation sites excluding steroid dienone is 5. The molecule has 0 bridgehead atoms. The molecule has 1 aromatic heterocycles. The fourth-order valence-electron chi connectivity index (χ4n) is 2.37. The van der Waals surface area contributed by atoms with Crippen LogP contribution in [0.4, 0.5) is 20.9 Å². The van der Waals surface area contributed by atoms with Crippen LogP contribution in [0, 0.1) is 5.13 Å². The summed E-state index contributed by atoms with van der Waals surface area (Å²) in [5, 5.41) is 3.22. The lowest BCUT2D eigenvalue weighted by Crippen LogP contribution is -2.01. The van der Waals surface area contributed by atoms with E-state index in [4.69, 9.17) is 10.5 Å². The molecular weight excluding hydrogens is 361 g/mol. The van der Waals surface area contributed by atoms with Gasteiger partial charge in [0, 0.05) is 17.3 Å². The van der Waals surface area contributed by atoms with E-state index in [9.17, 15) is 4.39 Å². The number of nitrogens with two attached hydrogens (primary N) is 1. The molecule has 144 valence electrons. The van der Waals surface area contributed by atoms with Gasteiger partial charge in [0.25, 0.3) is 0 Å². The first-order valence-corrected chi connectivity index (χ1v) is 9.82. The molecule has 3 N–H and O–H groups in total. The molecule has 4 nitrogen and oxygen atoms in total. The highest BCUT2D eigenvalue weighted by Gasteiger charge is 2.14. The van der Waals surface area contributed by atoms with Crippen molar-refractivity contribution in [2.75, 3.05) is 17.7 Å². The minimum absolute atomic E-state index is 0.280. The van der Waals surface area contributed by atoms with Gasteiger partial charge in [0.2, 0.25) is 5.13 Å². The zero-order valence-electron chi connectivity index (χ0n) is 15.8. The second-order valence-corrected chi connectivity index (χ2v) is 6.88. The topological polar surface area (TPSA) is 60.2 Å². The van der Waals surface area contributed by atoms with Crippen LogP contribution >= 0.6 is 11.3 Å². The smallest absolute Gasteiger partial charge is 0.206 e. The highest BCUT2D eigenvalue weighted by atomic mass is 32.1. The van der Waals surface area contributed by atoms with Crippen LogP contribution in [0.25, 0.3) is 5.57 Å². The average molecular weight is 388 g/mol. The van der Waals surface area contributed by atoms with Crippen molar-refractivity contribution in [3.05, 3.63) is 59.9 Å². The van der Waals surface area contributed by atoms with Crippen LogP contribution in [0.5, 0.6) is 5.75 Å². The van der Waals surface area contributed by atoms with Crippen LogP contribution in [0.15, 0.2) is 49.1 Å². The second kappa shape index (κ2) is 10.5. The molecule has 1 aromatic carbocycles. The Hall–Kier alpha value is -2.60. The van der Waals surface area contributed by atoms with Crippen LogP contribution in [-0.4, -0.2) is 11.6 Å². The number of nitrogens with one attached hydrogen (secondary N) is 1. The first-order valence-electron chi connectivity index (χ1n) is 9.00. The quantitative estimate of drug-likeness (QED) is 0.284. The predicted octanol–water partition coefficient (Wildman–Crippen LogP) is 6.32. The molecule has 6 heteroatoms. The van der Waals surface area contributed by atoms with E-state index in [-0.39, 0.29) is 10.8 Å². The maximum absolute atomic E-state index is 14.3. The first kappa shape index (κ1) is 20.7. The Morgan fingerprint density at radius 3 is 2.93 bits per heavy atom. The lowest BCUT2D eigenvalue weighted by atomic mass is 10.2. The minimum Gasteiger partial charge on any atom is -0.491 e. The van der Waals surface area contributed by atoms with E-state index in [2.05, 4.69) is 23.8 Å². The maximum Gasteiger partial charge on any atom is 0.206 e. The van der Waals surface area contributed by atoms with Gasteiger partial charge in [-0.05, 0) is 25.5 Å². The van der Waals surface area contributed by atoms with Crippen LogP contribution in [0.3, 0.4) is 0 Å². The molecule has 0 radical (unpaired) electrons. The number of benzene rings is 1. The van der Waals surface area contributed by atoms with Crippen LogP contribution < -0.4 is 15.8 Å². The summed E-state index contributed by atoms with van der Waals surface area (Å²) >= 11 is 0.947. The van der Waals surface area contributed by atoms with Gasteiger partial charge in [-0.1, -0.05) is 62.0 Å². The molecule has 0 fully saturated rings. The van der Waals surface area contributed by atoms with Gasteiger partial charge < -0.3 is 15.8 Å².